The first kappa shape index (κ1) is 10.2. The maximum absolute atomic E-state index is 5.92. The number of rotatable bonds is 2. The van der Waals surface area contributed by atoms with E-state index in [0.717, 1.165) is 5.03 Å². The van der Waals surface area contributed by atoms with Gasteiger partial charge in [0.15, 0.2) is 0 Å². The molecule has 76 valence electrons. The predicted molar refractivity (Wildman–Crippen MR) is 59.8 cm³/mol. The van der Waals surface area contributed by atoms with E-state index < -0.39 is 0 Å². The van der Waals surface area contributed by atoms with Crippen molar-refractivity contribution < 1.29 is 0 Å². The van der Waals surface area contributed by atoms with Crippen molar-refractivity contribution >= 4 is 29.3 Å². The van der Waals surface area contributed by atoms with Gasteiger partial charge in [0.05, 0.1) is 11.2 Å². The first-order valence-corrected chi connectivity index (χ1v) is 5.32. The number of nitrogen functional groups attached to an aromatic ring is 1. The zero-order chi connectivity index (χ0) is 10.7. The lowest BCUT2D eigenvalue weighted by Crippen LogP contribution is -1.95. The van der Waals surface area contributed by atoms with Gasteiger partial charge >= 0.3 is 0 Å². The molecule has 2 N–H and O–H groups in total. The van der Waals surface area contributed by atoms with Crippen LogP contribution < -0.4 is 5.73 Å². The molecule has 0 saturated carbocycles. The number of nitrogens with zero attached hydrogens (tertiary/aromatic N) is 3. The van der Waals surface area contributed by atoms with Crippen molar-refractivity contribution in [3.63, 3.8) is 0 Å². The highest BCUT2D eigenvalue weighted by molar-refractivity contribution is 7.99. The van der Waals surface area contributed by atoms with Gasteiger partial charge in [-0.2, -0.15) is 0 Å². The van der Waals surface area contributed by atoms with Gasteiger partial charge in [-0.3, -0.25) is 0 Å². The minimum absolute atomic E-state index is 0.206. The van der Waals surface area contributed by atoms with E-state index in [4.69, 9.17) is 17.3 Å². The van der Waals surface area contributed by atoms with Crippen LogP contribution in [0.15, 0.2) is 40.6 Å². The molecule has 2 heterocycles. The quantitative estimate of drug-likeness (QED) is 0.813. The average molecular weight is 239 g/mol. The van der Waals surface area contributed by atoms with Gasteiger partial charge in [-0.15, -0.1) is 0 Å². The number of halogens is 1. The third kappa shape index (κ3) is 2.57. The molecule has 0 radical (unpaired) electrons. The van der Waals surface area contributed by atoms with Crippen molar-refractivity contribution in [3.8, 4) is 0 Å². The van der Waals surface area contributed by atoms with Gasteiger partial charge in [0.1, 0.15) is 10.1 Å². The molecule has 2 aromatic rings. The molecule has 0 fully saturated rings. The van der Waals surface area contributed by atoms with E-state index in [0.29, 0.717) is 10.0 Å². The summed E-state index contributed by atoms with van der Waals surface area (Å²) in [6.07, 6.45) is 3.19. The van der Waals surface area contributed by atoms with E-state index in [-0.39, 0.29) is 5.95 Å². The second-order valence-corrected chi connectivity index (χ2v) is 4.07. The van der Waals surface area contributed by atoms with Gasteiger partial charge in [-0.05, 0) is 23.9 Å². The first-order chi connectivity index (χ1) is 7.25. The summed E-state index contributed by atoms with van der Waals surface area (Å²) >= 11 is 7.27. The number of aromatic nitrogens is 3. The standard InChI is InChI=1S/C9H7ClN4S/c10-6-5-13-9(11)14-8(6)15-7-3-1-2-4-12-7/h1-5H,(H2,11,13,14). The molecule has 0 atom stereocenters. The molecule has 0 unspecified atom stereocenters. The summed E-state index contributed by atoms with van der Waals surface area (Å²) in [7, 11) is 0. The van der Waals surface area contributed by atoms with Crippen molar-refractivity contribution in [3.05, 3.63) is 35.6 Å². The molecule has 0 aliphatic rings. The van der Waals surface area contributed by atoms with Crippen LogP contribution in [0.4, 0.5) is 5.95 Å². The Morgan fingerprint density at radius 3 is 2.87 bits per heavy atom. The van der Waals surface area contributed by atoms with E-state index >= 15 is 0 Å². The molecule has 0 spiro atoms. The minimum atomic E-state index is 0.206. The number of hydrogen-bond donors (Lipinski definition) is 1. The van der Waals surface area contributed by atoms with Crippen LogP contribution in [0, 0.1) is 0 Å². The van der Waals surface area contributed by atoms with Crippen LogP contribution >= 0.6 is 23.4 Å². The Bertz CT molecular complexity index is 463. The fourth-order valence-corrected chi connectivity index (χ4v) is 1.90. The number of nitrogens with two attached hydrogens (primary N) is 1. The Morgan fingerprint density at radius 1 is 1.27 bits per heavy atom. The monoisotopic (exact) mass is 238 g/mol. The molecule has 15 heavy (non-hydrogen) atoms. The fourth-order valence-electron chi connectivity index (χ4n) is 0.942. The van der Waals surface area contributed by atoms with Gasteiger partial charge in [-0.25, -0.2) is 15.0 Å². The molecule has 2 rings (SSSR count). The Labute approximate surface area is 95.9 Å². The van der Waals surface area contributed by atoms with Gasteiger partial charge in [-0.1, -0.05) is 17.7 Å². The lowest BCUT2D eigenvalue weighted by atomic mass is 10.5. The van der Waals surface area contributed by atoms with Crippen LogP contribution in [0.3, 0.4) is 0 Å². The highest BCUT2D eigenvalue weighted by Gasteiger charge is 2.06. The Morgan fingerprint density at radius 2 is 2.13 bits per heavy atom. The molecular weight excluding hydrogens is 232 g/mol. The van der Waals surface area contributed by atoms with Crippen LogP contribution in [0.2, 0.25) is 5.02 Å². The summed E-state index contributed by atoms with van der Waals surface area (Å²) in [4.78, 5) is 12.0. The average Bonchev–Trinajstić information content (AvgIpc) is 2.25. The van der Waals surface area contributed by atoms with Crippen LogP contribution in [0.25, 0.3) is 0 Å². The summed E-state index contributed by atoms with van der Waals surface area (Å²) in [5.41, 5.74) is 5.47. The molecule has 4 nitrogen and oxygen atoms in total. The number of anilines is 1. The van der Waals surface area contributed by atoms with E-state index in [1.807, 2.05) is 18.2 Å². The van der Waals surface area contributed by atoms with Gasteiger partial charge in [0.25, 0.3) is 0 Å². The Kier molecular flexibility index (Phi) is 3.03. The van der Waals surface area contributed by atoms with Crippen LogP contribution in [0.1, 0.15) is 0 Å². The largest absolute Gasteiger partial charge is 0.368 e. The third-order valence-electron chi connectivity index (χ3n) is 1.57. The van der Waals surface area contributed by atoms with Crippen molar-refractivity contribution in [1.82, 2.24) is 15.0 Å². The lowest BCUT2D eigenvalue weighted by molar-refractivity contribution is 1.05. The first-order valence-electron chi connectivity index (χ1n) is 4.12. The second kappa shape index (κ2) is 4.46. The summed E-state index contributed by atoms with van der Waals surface area (Å²) in [5.74, 6) is 0.206. The van der Waals surface area contributed by atoms with Crippen LogP contribution in [-0.2, 0) is 0 Å². The van der Waals surface area contributed by atoms with Gasteiger partial charge < -0.3 is 5.73 Å². The SMILES string of the molecule is Nc1ncc(Cl)c(Sc2ccccn2)n1. The van der Waals surface area contributed by atoms with Crippen molar-refractivity contribution in [2.24, 2.45) is 0 Å². The van der Waals surface area contributed by atoms with Gasteiger partial charge in [0, 0.05) is 6.20 Å². The highest BCUT2D eigenvalue weighted by atomic mass is 35.5. The molecule has 0 saturated heterocycles. The zero-order valence-electron chi connectivity index (χ0n) is 7.59. The fraction of sp³-hybridized carbons (Fsp3) is 0. The summed E-state index contributed by atoms with van der Waals surface area (Å²) < 4.78 is 0. The second-order valence-electron chi connectivity index (χ2n) is 2.65. The maximum atomic E-state index is 5.92. The summed E-state index contributed by atoms with van der Waals surface area (Å²) in [6.45, 7) is 0. The van der Waals surface area contributed by atoms with Gasteiger partial charge in [0.2, 0.25) is 5.95 Å². The lowest BCUT2D eigenvalue weighted by Gasteiger charge is -2.02. The van der Waals surface area contributed by atoms with Crippen LogP contribution in [-0.4, -0.2) is 15.0 Å². The Hall–Kier alpha value is -1.33. The zero-order valence-corrected chi connectivity index (χ0v) is 9.16. The number of pyridine rings is 1. The molecule has 0 aliphatic heterocycles. The molecular formula is C9H7ClN4S. The van der Waals surface area contributed by atoms with E-state index in [1.54, 1.807) is 6.20 Å². The van der Waals surface area contributed by atoms with E-state index in [1.165, 1.54) is 18.0 Å². The minimum Gasteiger partial charge on any atom is -0.368 e. The normalized spacial score (nSPS) is 10.2. The van der Waals surface area contributed by atoms with Crippen LogP contribution in [0.5, 0.6) is 0 Å². The summed E-state index contributed by atoms with van der Waals surface area (Å²) in [5, 5.41) is 1.90. The summed E-state index contributed by atoms with van der Waals surface area (Å²) in [6, 6.07) is 5.62. The Balaban J connectivity index is 2.28. The predicted octanol–water partition coefficient (Wildman–Crippen LogP) is 2.26. The molecule has 0 aromatic carbocycles. The molecule has 6 heteroatoms. The van der Waals surface area contributed by atoms with Crippen molar-refractivity contribution in [1.29, 1.82) is 0 Å². The smallest absolute Gasteiger partial charge is 0.221 e. The molecule has 0 amide bonds. The molecule has 0 bridgehead atoms. The highest BCUT2D eigenvalue weighted by Crippen LogP contribution is 2.29. The molecule has 2 aromatic heterocycles. The number of hydrogen-bond acceptors (Lipinski definition) is 5. The maximum Gasteiger partial charge on any atom is 0.221 e. The topological polar surface area (TPSA) is 64.7 Å². The van der Waals surface area contributed by atoms with Crippen molar-refractivity contribution in [2.45, 2.75) is 10.1 Å². The third-order valence-corrected chi connectivity index (χ3v) is 2.91. The van der Waals surface area contributed by atoms with E-state index in [9.17, 15) is 0 Å². The van der Waals surface area contributed by atoms with E-state index in [2.05, 4.69) is 15.0 Å². The molecule has 0 aliphatic carbocycles. The van der Waals surface area contributed by atoms with Crippen molar-refractivity contribution in [2.75, 3.05) is 5.73 Å².